The molecular weight excluding hydrogens is 234 g/mol. The van der Waals surface area contributed by atoms with Crippen LogP contribution in [0.15, 0.2) is 4.52 Å². The first kappa shape index (κ1) is 13.5. The van der Waals surface area contributed by atoms with Crippen LogP contribution in [0.3, 0.4) is 0 Å². The van der Waals surface area contributed by atoms with Crippen molar-refractivity contribution in [2.75, 3.05) is 33.5 Å². The molecule has 0 amide bonds. The number of ether oxygens (including phenoxy) is 2. The van der Waals surface area contributed by atoms with Gasteiger partial charge in [-0.2, -0.15) is 4.98 Å². The maximum absolute atomic E-state index is 5.80. The van der Waals surface area contributed by atoms with Crippen molar-refractivity contribution in [2.24, 2.45) is 5.73 Å². The topological polar surface area (TPSA) is 83.4 Å². The van der Waals surface area contributed by atoms with E-state index >= 15 is 0 Å². The number of rotatable bonds is 8. The standard InChI is InChI=1S/C12H21N3O3/c1-16-7-8-17-6-3-10-14-11(18-15-10)12(9-13)4-2-5-12/h2-9,13H2,1H3. The molecule has 0 bridgehead atoms. The molecule has 102 valence electrons. The van der Waals surface area contributed by atoms with E-state index in [-0.39, 0.29) is 5.41 Å². The molecule has 1 saturated carbocycles. The van der Waals surface area contributed by atoms with E-state index in [2.05, 4.69) is 10.1 Å². The summed E-state index contributed by atoms with van der Waals surface area (Å²) in [5.74, 6) is 1.39. The Labute approximate surface area is 107 Å². The highest BCUT2D eigenvalue weighted by atomic mass is 16.5. The number of nitrogens with two attached hydrogens (primary N) is 1. The lowest BCUT2D eigenvalue weighted by molar-refractivity contribution is 0.0714. The van der Waals surface area contributed by atoms with Gasteiger partial charge in [-0.05, 0) is 12.8 Å². The van der Waals surface area contributed by atoms with Crippen molar-refractivity contribution >= 4 is 0 Å². The van der Waals surface area contributed by atoms with Crippen LogP contribution >= 0.6 is 0 Å². The molecule has 0 radical (unpaired) electrons. The van der Waals surface area contributed by atoms with Crippen molar-refractivity contribution in [3.8, 4) is 0 Å². The Morgan fingerprint density at radius 3 is 2.78 bits per heavy atom. The number of methoxy groups -OCH3 is 1. The molecule has 6 heteroatoms. The predicted octanol–water partition coefficient (Wildman–Crippen LogP) is 0.655. The van der Waals surface area contributed by atoms with E-state index in [4.69, 9.17) is 19.7 Å². The molecule has 0 aliphatic heterocycles. The summed E-state index contributed by atoms with van der Waals surface area (Å²) in [5, 5.41) is 3.98. The van der Waals surface area contributed by atoms with Crippen LogP contribution in [0.25, 0.3) is 0 Å². The molecule has 1 aliphatic carbocycles. The van der Waals surface area contributed by atoms with Gasteiger partial charge in [0.15, 0.2) is 5.82 Å². The van der Waals surface area contributed by atoms with Crippen molar-refractivity contribution in [2.45, 2.75) is 31.1 Å². The fraction of sp³-hybridized carbons (Fsp3) is 0.833. The maximum atomic E-state index is 5.80. The molecule has 1 aromatic heterocycles. The van der Waals surface area contributed by atoms with Gasteiger partial charge in [0.2, 0.25) is 5.89 Å². The van der Waals surface area contributed by atoms with Gasteiger partial charge in [0.05, 0.1) is 25.2 Å². The molecule has 1 fully saturated rings. The van der Waals surface area contributed by atoms with Crippen molar-refractivity contribution in [1.82, 2.24) is 10.1 Å². The second kappa shape index (κ2) is 6.26. The predicted molar refractivity (Wildman–Crippen MR) is 65.3 cm³/mol. The molecule has 1 aromatic rings. The van der Waals surface area contributed by atoms with Crippen molar-refractivity contribution in [1.29, 1.82) is 0 Å². The fourth-order valence-corrected chi connectivity index (χ4v) is 2.09. The van der Waals surface area contributed by atoms with E-state index in [9.17, 15) is 0 Å². The average Bonchev–Trinajstić information content (AvgIpc) is 2.77. The number of nitrogens with zero attached hydrogens (tertiary/aromatic N) is 2. The summed E-state index contributed by atoms with van der Waals surface area (Å²) < 4.78 is 15.6. The zero-order chi connectivity index (χ0) is 12.8. The second-order valence-corrected chi connectivity index (χ2v) is 4.71. The first-order valence-corrected chi connectivity index (χ1v) is 6.40. The highest BCUT2D eigenvalue weighted by Gasteiger charge is 2.42. The Hall–Kier alpha value is -0.980. The SMILES string of the molecule is COCCOCCc1noc(C2(CN)CCC2)n1. The van der Waals surface area contributed by atoms with Crippen LogP contribution < -0.4 is 5.73 Å². The molecule has 2 N–H and O–H groups in total. The first-order valence-electron chi connectivity index (χ1n) is 6.40. The Kier molecular flexibility index (Phi) is 4.68. The monoisotopic (exact) mass is 255 g/mol. The smallest absolute Gasteiger partial charge is 0.234 e. The summed E-state index contributed by atoms with van der Waals surface area (Å²) >= 11 is 0. The molecule has 2 rings (SSSR count). The van der Waals surface area contributed by atoms with Crippen LogP contribution in [0, 0.1) is 0 Å². The summed E-state index contributed by atoms with van der Waals surface area (Å²) in [6, 6.07) is 0. The fourth-order valence-electron chi connectivity index (χ4n) is 2.09. The Morgan fingerprint density at radius 2 is 2.17 bits per heavy atom. The minimum absolute atomic E-state index is 0.0534. The van der Waals surface area contributed by atoms with Crippen molar-refractivity contribution < 1.29 is 14.0 Å². The Balaban J connectivity index is 1.79. The lowest BCUT2D eigenvalue weighted by Crippen LogP contribution is -2.41. The van der Waals surface area contributed by atoms with Crippen LogP contribution in [0.2, 0.25) is 0 Å². The lowest BCUT2D eigenvalue weighted by Gasteiger charge is -2.36. The third kappa shape index (κ3) is 2.88. The Bertz CT molecular complexity index is 358. The van der Waals surface area contributed by atoms with Gasteiger partial charge in [-0.25, -0.2) is 0 Å². The largest absolute Gasteiger partial charge is 0.382 e. The van der Waals surface area contributed by atoms with Crippen molar-refractivity contribution in [3.05, 3.63) is 11.7 Å². The first-order chi connectivity index (χ1) is 8.80. The quantitative estimate of drug-likeness (QED) is 0.687. The van der Waals surface area contributed by atoms with Gasteiger partial charge in [-0.3, -0.25) is 0 Å². The number of hydrogen-bond donors (Lipinski definition) is 1. The molecule has 0 spiro atoms. The average molecular weight is 255 g/mol. The molecule has 1 aliphatic rings. The molecule has 1 heterocycles. The maximum Gasteiger partial charge on any atom is 0.234 e. The van der Waals surface area contributed by atoms with Gasteiger partial charge in [0, 0.05) is 20.1 Å². The number of aromatic nitrogens is 2. The zero-order valence-corrected chi connectivity index (χ0v) is 10.9. The zero-order valence-electron chi connectivity index (χ0n) is 10.9. The van der Waals surface area contributed by atoms with Gasteiger partial charge in [0.1, 0.15) is 0 Å². The third-order valence-corrected chi connectivity index (χ3v) is 3.52. The molecular formula is C12H21N3O3. The van der Waals surface area contributed by atoms with Gasteiger partial charge in [-0.1, -0.05) is 11.6 Å². The van der Waals surface area contributed by atoms with E-state index < -0.39 is 0 Å². The van der Waals surface area contributed by atoms with Crippen molar-refractivity contribution in [3.63, 3.8) is 0 Å². The van der Waals surface area contributed by atoms with Crippen LogP contribution in [0.4, 0.5) is 0 Å². The van der Waals surface area contributed by atoms with Crippen LogP contribution in [-0.4, -0.2) is 43.6 Å². The third-order valence-electron chi connectivity index (χ3n) is 3.52. The molecule has 6 nitrogen and oxygen atoms in total. The summed E-state index contributed by atoms with van der Waals surface area (Å²) in [6.45, 7) is 2.36. The van der Waals surface area contributed by atoms with E-state index in [1.165, 1.54) is 6.42 Å². The van der Waals surface area contributed by atoms with Gasteiger partial charge in [0.25, 0.3) is 0 Å². The molecule has 0 aromatic carbocycles. The van der Waals surface area contributed by atoms with Gasteiger partial charge in [-0.15, -0.1) is 0 Å². The van der Waals surface area contributed by atoms with Gasteiger partial charge >= 0.3 is 0 Å². The summed E-state index contributed by atoms with van der Waals surface area (Å²) in [4.78, 5) is 4.42. The molecule has 18 heavy (non-hydrogen) atoms. The highest BCUT2D eigenvalue weighted by molar-refractivity contribution is 5.11. The molecule has 0 atom stereocenters. The minimum atomic E-state index is -0.0534. The number of hydrogen-bond acceptors (Lipinski definition) is 6. The molecule has 0 saturated heterocycles. The normalized spacial score (nSPS) is 17.7. The summed E-state index contributed by atoms with van der Waals surface area (Å²) in [5.41, 5.74) is 5.75. The van der Waals surface area contributed by atoms with Crippen LogP contribution in [0.5, 0.6) is 0 Å². The van der Waals surface area contributed by atoms with Crippen LogP contribution in [0.1, 0.15) is 31.0 Å². The highest BCUT2D eigenvalue weighted by Crippen LogP contribution is 2.41. The van der Waals surface area contributed by atoms with Gasteiger partial charge < -0.3 is 19.7 Å². The van der Waals surface area contributed by atoms with Crippen LogP contribution in [-0.2, 0) is 21.3 Å². The second-order valence-electron chi connectivity index (χ2n) is 4.71. The molecule has 0 unspecified atom stereocenters. The van der Waals surface area contributed by atoms with E-state index in [1.54, 1.807) is 7.11 Å². The minimum Gasteiger partial charge on any atom is -0.382 e. The van der Waals surface area contributed by atoms with E-state index in [0.717, 1.165) is 12.8 Å². The summed E-state index contributed by atoms with van der Waals surface area (Å²) in [7, 11) is 1.65. The lowest BCUT2D eigenvalue weighted by atomic mass is 9.69. The van der Waals surface area contributed by atoms with E-state index in [0.29, 0.717) is 44.5 Å². The van der Waals surface area contributed by atoms with E-state index in [1.807, 2.05) is 0 Å². The Morgan fingerprint density at radius 1 is 1.33 bits per heavy atom. The summed E-state index contributed by atoms with van der Waals surface area (Å²) in [6.07, 6.45) is 3.95.